The Morgan fingerprint density at radius 1 is 1.06 bits per heavy atom. The van der Waals surface area contributed by atoms with Crippen molar-refractivity contribution in [2.75, 3.05) is 26.9 Å². The lowest BCUT2D eigenvalue weighted by Gasteiger charge is -2.48. The van der Waals surface area contributed by atoms with Gasteiger partial charge in [0.2, 0.25) is 0 Å². The number of hydrogen-bond donors (Lipinski definition) is 4. The second-order valence-electron chi connectivity index (χ2n) is 7.65. The van der Waals surface area contributed by atoms with Gasteiger partial charge in [-0.15, -0.1) is 0 Å². The highest BCUT2D eigenvalue weighted by Gasteiger charge is 2.54. The minimum Gasteiger partial charge on any atom is -0.494 e. The van der Waals surface area contributed by atoms with E-state index < -0.39 is 36.6 Å². The van der Waals surface area contributed by atoms with Crippen LogP contribution in [-0.2, 0) is 21.5 Å². The van der Waals surface area contributed by atoms with E-state index in [1.54, 1.807) is 18.2 Å². The predicted molar refractivity (Wildman–Crippen MR) is 115 cm³/mol. The molecule has 0 aliphatic carbocycles. The van der Waals surface area contributed by atoms with Crippen LogP contribution in [0.15, 0.2) is 42.5 Å². The number of ether oxygens (including phenoxy) is 3. The van der Waals surface area contributed by atoms with Gasteiger partial charge in [-0.1, -0.05) is 35.9 Å². The highest BCUT2D eigenvalue weighted by molar-refractivity contribution is 6.31. The largest absolute Gasteiger partial charge is 0.494 e. The van der Waals surface area contributed by atoms with Crippen molar-refractivity contribution >= 4 is 11.6 Å². The van der Waals surface area contributed by atoms with Crippen molar-refractivity contribution in [1.82, 2.24) is 0 Å². The first-order chi connectivity index (χ1) is 14.9. The van der Waals surface area contributed by atoms with Crippen LogP contribution in [0.3, 0.4) is 0 Å². The number of hydrogen-bond acceptors (Lipinski definition) is 7. The van der Waals surface area contributed by atoms with Crippen molar-refractivity contribution in [1.29, 1.82) is 0 Å². The zero-order chi connectivity index (χ0) is 22.6. The van der Waals surface area contributed by atoms with Crippen LogP contribution in [0, 0.1) is 0 Å². The molecule has 1 fully saturated rings. The van der Waals surface area contributed by atoms with Gasteiger partial charge in [-0.2, -0.15) is 0 Å². The van der Waals surface area contributed by atoms with Crippen molar-refractivity contribution in [3.05, 3.63) is 64.2 Å². The maximum atomic E-state index is 10.8. The average Bonchev–Trinajstić information content (AvgIpc) is 2.77. The molecule has 0 amide bonds. The van der Waals surface area contributed by atoms with E-state index >= 15 is 0 Å². The Morgan fingerprint density at radius 2 is 1.77 bits per heavy atom. The molecule has 1 heterocycles. The van der Waals surface area contributed by atoms with Gasteiger partial charge in [0.05, 0.1) is 19.8 Å². The summed E-state index contributed by atoms with van der Waals surface area (Å²) < 4.78 is 16.7. The molecule has 170 valence electrons. The summed E-state index contributed by atoms with van der Waals surface area (Å²) in [4.78, 5) is 0. The number of rotatable bonds is 8. The summed E-state index contributed by atoms with van der Waals surface area (Å²) in [6, 6.07) is 12.9. The Labute approximate surface area is 186 Å². The standard InChI is InChI=1S/C23H29ClO7/c1-3-30-17-7-4-14(5-8-17)10-15-11-16(6-9-18(15)24)23(13-29-2)22(28)21(27)20(26)19(12-25)31-23/h4-9,11,19-22,25-28H,3,10,12-13H2,1-2H3/t19-,20+,21-,22+,23-/m0/s1. The molecule has 0 bridgehead atoms. The third-order valence-corrected chi connectivity index (χ3v) is 5.96. The molecule has 2 aromatic rings. The molecular weight excluding hydrogens is 424 g/mol. The highest BCUT2D eigenvalue weighted by Crippen LogP contribution is 2.40. The SMILES string of the molecule is CCOc1ccc(Cc2cc([C@]3(COC)O[C@@H](CO)[C@@H](O)[C@H](O)[C@H]3O)ccc2Cl)cc1. The van der Waals surface area contributed by atoms with Gasteiger partial charge in [-0.05, 0) is 48.2 Å². The number of aliphatic hydroxyl groups is 4. The van der Waals surface area contributed by atoms with Gasteiger partial charge in [0.15, 0.2) is 0 Å². The van der Waals surface area contributed by atoms with E-state index in [0.29, 0.717) is 23.6 Å². The zero-order valence-electron chi connectivity index (χ0n) is 17.6. The Kier molecular flexibility index (Phi) is 7.93. The van der Waals surface area contributed by atoms with Crippen LogP contribution in [0.25, 0.3) is 0 Å². The van der Waals surface area contributed by atoms with E-state index in [1.165, 1.54) is 7.11 Å². The summed E-state index contributed by atoms with van der Waals surface area (Å²) in [6.07, 6.45) is -5.00. The molecule has 0 radical (unpaired) electrons. The second kappa shape index (κ2) is 10.3. The first kappa shape index (κ1) is 23.9. The van der Waals surface area contributed by atoms with E-state index in [0.717, 1.165) is 16.9 Å². The first-order valence-corrected chi connectivity index (χ1v) is 10.6. The number of aliphatic hydroxyl groups excluding tert-OH is 4. The maximum absolute atomic E-state index is 10.8. The van der Waals surface area contributed by atoms with E-state index in [9.17, 15) is 20.4 Å². The number of methoxy groups -OCH3 is 1. The lowest BCUT2D eigenvalue weighted by atomic mass is 9.79. The Balaban J connectivity index is 1.96. The molecule has 1 aliphatic heterocycles. The second-order valence-corrected chi connectivity index (χ2v) is 8.05. The van der Waals surface area contributed by atoms with E-state index in [-0.39, 0.29) is 6.61 Å². The van der Waals surface area contributed by atoms with Crippen LogP contribution in [0.4, 0.5) is 0 Å². The topological polar surface area (TPSA) is 109 Å². The molecule has 31 heavy (non-hydrogen) atoms. The summed E-state index contributed by atoms with van der Waals surface area (Å²) in [5, 5.41) is 41.6. The molecule has 1 aliphatic rings. The van der Waals surface area contributed by atoms with Crippen molar-refractivity contribution in [2.45, 2.75) is 43.4 Å². The monoisotopic (exact) mass is 452 g/mol. The molecule has 5 atom stereocenters. The smallest absolute Gasteiger partial charge is 0.145 e. The molecule has 3 rings (SSSR count). The molecule has 1 saturated heterocycles. The maximum Gasteiger partial charge on any atom is 0.145 e. The van der Waals surface area contributed by atoms with Gasteiger partial charge >= 0.3 is 0 Å². The van der Waals surface area contributed by atoms with Crippen molar-refractivity contribution in [3.8, 4) is 5.75 Å². The lowest BCUT2D eigenvalue weighted by Crippen LogP contribution is -2.65. The molecule has 0 unspecified atom stereocenters. The van der Waals surface area contributed by atoms with Gasteiger partial charge in [0, 0.05) is 12.1 Å². The Hall–Kier alpha value is -1.71. The van der Waals surface area contributed by atoms with Crippen LogP contribution in [0.2, 0.25) is 5.02 Å². The highest BCUT2D eigenvalue weighted by atomic mass is 35.5. The molecule has 0 saturated carbocycles. The number of halogens is 1. The van der Waals surface area contributed by atoms with Crippen LogP contribution >= 0.6 is 11.6 Å². The fourth-order valence-corrected chi connectivity index (χ4v) is 4.14. The minimum absolute atomic E-state index is 0.0986. The summed E-state index contributed by atoms with van der Waals surface area (Å²) >= 11 is 6.44. The van der Waals surface area contributed by atoms with Crippen LogP contribution in [-0.4, -0.2) is 71.8 Å². The average molecular weight is 453 g/mol. The summed E-state index contributed by atoms with van der Waals surface area (Å²) in [5.74, 6) is 0.784. The Bertz CT molecular complexity index is 858. The van der Waals surface area contributed by atoms with Crippen LogP contribution in [0.5, 0.6) is 5.75 Å². The molecule has 0 spiro atoms. The van der Waals surface area contributed by atoms with Gasteiger partial charge in [-0.25, -0.2) is 0 Å². The molecule has 4 N–H and O–H groups in total. The summed E-state index contributed by atoms with van der Waals surface area (Å²) in [5.41, 5.74) is 0.836. The summed E-state index contributed by atoms with van der Waals surface area (Å²) in [6.45, 7) is 1.89. The Morgan fingerprint density at radius 3 is 2.39 bits per heavy atom. The van der Waals surface area contributed by atoms with Crippen molar-refractivity contribution in [2.24, 2.45) is 0 Å². The molecular formula is C23H29ClO7. The zero-order valence-corrected chi connectivity index (χ0v) is 18.3. The first-order valence-electron chi connectivity index (χ1n) is 10.2. The van der Waals surface area contributed by atoms with Crippen LogP contribution in [0.1, 0.15) is 23.6 Å². The fourth-order valence-electron chi connectivity index (χ4n) is 3.96. The molecule has 7 nitrogen and oxygen atoms in total. The van der Waals surface area contributed by atoms with Crippen LogP contribution < -0.4 is 4.74 Å². The van der Waals surface area contributed by atoms with E-state index in [2.05, 4.69) is 0 Å². The third-order valence-electron chi connectivity index (χ3n) is 5.60. The lowest BCUT2D eigenvalue weighted by molar-refractivity contribution is -0.290. The minimum atomic E-state index is -1.52. The molecule has 2 aromatic carbocycles. The van der Waals surface area contributed by atoms with Crippen molar-refractivity contribution < 1.29 is 34.6 Å². The van der Waals surface area contributed by atoms with E-state index in [4.69, 9.17) is 25.8 Å². The summed E-state index contributed by atoms with van der Waals surface area (Å²) in [7, 11) is 1.44. The molecule has 0 aromatic heterocycles. The predicted octanol–water partition coefficient (Wildman–Crippen LogP) is 1.64. The normalized spacial score (nSPS) is 28.5. The van der Waals surface area contributed by atoms with Gasteiger partial charge in [-0.3, -0.25) is 0 Å². The van der Waals surface area contributed by atoms with Gasteiger partial charge in [0.1, 0.15) is 35.8 Å². The number of benzene rings is 2. The van der Waals surface area contributed by atoms with Crippen molar-refractivity contribution in [3.63, 3.8) is 0 Å². The fraction of sp³-hybridized carbons (Fsp3) is 0.478. The quantitative estimate of drug-likeness (QED) is 0.482. The van der Waals surface area contributed by atoms with E-state index in [1.807, 2.05) is 31.2 Å². The third kappa shape index (κ3) is 4.88. The van der Waals surface area contributed by atoms with Gasteiger partial charge in [0.25, 0.3) is 0 Å². The van der Waals surface area contributed by atoms with Gasteiger partial charge < -0.3 is 34.6 Å². The molecule has 8 heteroatoms.